The highest BCUT2D eigenvalue weighted by atomic mass is 15.0. The molecule has 0 amide bonds. The molecule has 0 spiro atoms. The molecule has 0 unspecified atom stereocenters. The summed E-state index contributed by atoms with van der Waals surface area (Å²) in [6, 6.07) is 56.3. The highest BCUT2D eigenvalue weighted by Gasteiger charge is 2.21. The maximum atomic E-state index is 10.6. The first-order chi connectivity index (χ1) is 23.8. The van der Waals surface area contributed by atoms with Crippen molar-refractivity contribution in [1.29, 1.82) is 5.26 Å². The highest BCUT2D eigenvalue weighted by Crippen LogP contribution is 2.44. The number of rotatable bonds is 4. The van der Waals surface area contributed by atoms with Gasteiger partial charge in [-0.05, 0) is 64.7 Å². The number of benzene rings is 7. The van der Waals surface area contributed by atoms with Gasteiger partial charge in [-0.3, -0.25) is 0 Å². The minimum absolute atomic E-state index is 0.561. The largest absolute Gasteiger partial charge is 0.309 e. The van der Waals surface area contributed by atoms with Crippen LogP contribution < -0.4 is 0 Å². The van der Waals surface area contributed by atoms with E-state index in [0.717, 1.165) is 66.5 Å². The zero-order chi connectivity index (χ0) is 32.2. The third-order valence-corrected chi connectivity index (χ3v) is 9.41. The van der Waals surface area contributed by atoms with Crippen molar-refractivity contribution in [3.05, 3.63) is 175 Å². The van der Waals surface area contributed by atoms with E-state index in [2.05, 4.69) is 135 Å². The Morgan fingerprint density at radius 1 is 0.479 bits per heavy atom. The fourth-order valence-electron chi connectivity index (χ4n) is 7.39. The molecule has 9 aromatic rings. The molecule has 4 nitrogen and oxygen atoms in total. The van der Waals surface area contributed by atoms with Crippen LogP contribution in [0.3, 0.4) is 0 Å². The minimum atomic E-state index is 0.561. The van der Waals surface area contributed by atoms with Crippen LogP contribution in [0, 0.1) is 17.9 Å². The molecule has 4 heteroatoms. The molecule has 0 aliphatic heterocycles. The van der Waals surface area contributed by atoms with Crippen LogP contribution in [0.5, 0.6) is 0 Å². The van der Waals surface area contributed by atoms with Crippen molar-refractivity contribution in [2.45, 2.75) is 0 Å². The third-order valence-electron chi connectivity index (χ3n) is 9.41. The van der Waals surface area contributed by atoms with E-state index in [1.54, 1.807) is 0 Å². The Morgan fingerprint density at radius 3 is 1.50 bits per heavy atom. The van der Waals surface area contributed by atoms with Crippen molar-refractivity contribution in [2.75, 3.05) is 0 Å². The summed E-state index contributed by atoms with van der Waals surface area (Å²) < 4.78 is 4.48. The Hall–Kier alpha value is -6.88. The van der Waals surface area contributed by atoms with Crippen molar-refractivity contribution in [1.82, 2.24) is 9.13 Å². The smallest absolute Gasteiger partial charge is 0.195 e. The molecule has 0 radical (unpaired) electrons. The fourth-order valence-corrected chi connectivity index (χ4v) is 7.39. The summed E-state index contributed by atoms with van der Waals surface area (Å²) in [4.78, 5) is 4.02. The van der Waals surface area contributed by atoms with E-state index in [0.29, 0.717) is 11.3 Å². The minimum Gasteiger partial charge on any atom is -0.309 e. The Balaban J connectivity index is 1.29. The van der Waals surface area contributed by atoms with Crippen molar-refractivity contribution >= 4 is 49.3 Å². The fraction of sp³-hybridized carbons (Fsp3) is 0. The van der Waals surface area contributed by atoms with Crippen LogP contribution in [-0.4, -0.2) is 9.13 Å². The van der Waals surface area contributed by atoms with E-state index in [-0.39, 0.29) is 0 Å². The topological polar surface area (TPSA) is 38.0 Å². The van der Waals surface area contributed by atoms with E-state index < -0.39 is 0 Å². The SMILES string of the molecule is [C-]#[N+]c1cccc(-c2ccc(-n3c4ccccc4c4ccccc43)c(C#N)c2)c1-c1ccccc1-n1c2ccccc2c2ccccc21. The van der Waals surface area contributed by atoms with Crippen LogP contribution in [0.25, 0.3) is 82.1 Å². The summed E-state index contributed by atoms with van der Waals surface area (Å²) >= 11 is 0. The van der Waals surface area contributed by atoms with Crippen LogP contribution in [0.1, 0.15) is 5.56 Å². The summed E-state index contributed by atoms with van der Waals surface area (Å²) in [5.41, 5.74) is 10.9. The maximum Gasteiger partial charge on any atom is 0.195 e. The van der Waals surface area contributed by atoms with Gasteiger partial charge in [0.1, 0.15) is 6.07 Å². The molecule has 0 aliphatic rings. The van der Waals surface area contributed by atoms with Gasteiger partial charge in [-0.25, -0.2) is 4.85 Å². The lowest BCUT2D eigenvalue weighted by molar-refractivity contribution is 1.17. The summed E-state index contributed by atoms with van der Waals surface area (Å²) in [6.07, 6.45) is 0. The standard InChI is InChI=1S/C44H26N4/c1-46-37-19-12-18-31(29-25-26-38(30(27-29)28-45)47-39-20-7-2-13-32(39)33-14-3-8-21-40(33)47)44(37)36-17-6-11-24-43(36)48-41-22-9-4-15-34(41)35-16-5-10-23-42(35)48/h2-27H. The van der Waals surface area contributed by atoms with Crippen LogP contribution >= 0.6 is 0 Å². The molecule has 9 rings (SSSR count). The van der Waals surface area contributed by atoms with Gasteiger partial charge in [-0.1, -0.05) is 115 Å². The highest BCUT2D eigenvalue weighted by molar-refractivity contribution is 6.11. The van der Waals surface area contributed by atoms with Crippen molar-refractivity contribution < 1.29 is 0 Å². The zero-order valence-corrected chi connectivity index (χ0v) is 25.8. The molecule has 2 aromatic heterocycles. The molecule has 0 saturated heterocycles. The number of aromatic nitrogens is 2. The summed E-state index contributed by atoms with van der Waals surface area (Å²) in [5, 5.41) is 15.2. The molecule has 0 atom stereocenters. The lowest BCUT2D eigenvalue weighted by atomic mass is 9.91. The Kier molecular flexibility index (Phi) is 6.22. The summed E-state index contributed by atoms with van der Waals surface area (Å²) in [6.45, 7) is 8.22. The molecule has 2 heterocycles. The van der Waals surface area contributed by atoms with Crippen molar-refractivity contribution in [2.24, 2.45) is 0 Å². The van der Waals surface area contributed by atoms with Crippen LogP contribution in [0.2, 0.25) is 0 Å². The van der Waals surface area contributed by atoms with Gasteiger partial charge in [0.05, 0.1) is 45.6 Å². The van der Waals surface area contributed by atoms with Gasteiger partial charge >= 0.3 is 0 Å². The number of hydrogen-bond donors (Lipinski definition) is 0. The second kappa shape index (κ2) is 10.9. The summed E-state index contributed by atoms with van der Waals surface area (Å²) in [7, 11) is 0. The quantitative estimate of drug-likeness (QED) is 0.183. The molecule has 0 saturated carbocycles. The molecule has 0 aliphatic carbocycles. The van der Waals surface area contributed by atoms with E-state index in [1.165, 1.54) is 10.8 Å². The number of nitriles is 1. The average Bonchev–Trinajstić information content (AvgIpc) is 3.67. The van der Waals surface area contributed by atoms with Crippen molar-refractivity contribution in [3.63, 3.8) is 0 Å². The van der Waals surface area contributed by atoms with E-state index in [1.807, 2.05) is 42.5 Å². The normalized spacial score (nSPS) is 11.3. The molecule has 7 aromatic carbocycles. The Bertz CT molecular complexity index is 2710. The third kappa shape index (κ3) is 4.01. The molecule has 222 valence electrons. The van der Waals surface area contributed by atoms with Crippen LogP contribution in [0.15, 0.2) is 158 Å². The number of hydrogen-bond acceptors (Lipinski definition) is 1. The summed E-state index contributed by atoms with van der Waals surface area (Å²) in [5.74, 6) is 0. The van der Waals surface area contributed by atoms with Gasteiger partial charge in [0, 0.05) is 21.5 Å². The van der Waals surface area contributed by atoms with Crippen molar-refractivity contribution in [3.8, 4) is 39.7 Å². The predicted octanol–water partition coefficient (Wildman–Crippen LogP) is 11.6. The first kappa shape index (κ1) is 27.4. The number of nitrogens with zero attached hydrogens (tertiary/aromatic N) is 4. The molecule has 0 bridgehead atoms. The first-order valence-corrected chi connectivity index (χ1v) is 15.9. The van der Waals surface area contributed by atoms with Gasteiger partial charge in [0.25, 0.3) is 0 Å². The van der Waals surface area contributed by atoms with E-state index in [4.69, 9.17) is 6.57 Å². The average molecular weight is 611 g/mol. The molecule has 0 N–H and O–H groups in total. The monoisotopic (exact) mass is 610 g/mol. The molecular formula is C44H26N4. The lowest BCUT2D eigenvalue weighted by Crippen LogP contribution is -1.99. The van der Waals surface area contributed by atoms with Gasteiger partial charge in [-0.2, -0.15) is 5.26 Å². The van der Waals surface area contributed by atoms with E-state index in [9.17, 15) is 5.26 Å². The predicted molar refractivity (Wildman–Crippen MR) is 197 cm³/mol. The van der Waals surface area contributed by atoms with Crippen LogP contribution in [0.4, 0.5) is 5.69 Å². The maximum absolute atomic E-state index is 10.6. The van der Waals surface area contributed by atoms with Crippen LogP contribution in [-0.2, 0) is 0 Å². The Labute approximate surface area is 277 Å². The van der Waals surface area contributed by atoms with Gasteiger partial charge < -0.3 is 9.13 Å². The lowest BCUT2D eigenvalue weighted by Gasteiger charge is -2.19. The molecule has 48 heavy (non-hydrogen) atoms. The van der Waals surface area contributed by atoms with Gasteiger partial charge in [0.2, 0.25) is 0 Å². The molecule has 0 fully saturated rings. The van der Waals surface area contributed by atoms with E-state index >= 15 is 0 Å². The first-order valence-electron chi connectivity index (χ1n) is 15.9. The van der Waals surface area contributed by atoms with Gasteiger partial charge in [0.15, 0.2) is 5.69 Å². The second-order valence-electron chi connectivity index (χ2n) is 11.9. The number of fused-ring (bicyclic) bond motifs is 6. The van der Waals surface area contributed by atoms with Gasteiger partial charge in [-0.15, -0.1) is 0 Å². The second-order valence-corrected chi connectivity index (χ2v) is 11.9. The molecular weight excluding hydrogens is 585 g/mol. The number of para-hydroxylation sites is 5. The zero-order valence-electron chi connectivity index (χ0n) is 25.8. The Morgan fingerprint density at radius 2 is 0.958 bits per heavy atom.